The van der Waals surface area contributed by atoms with Gasteiger partial charge in [0.25, 0.3) is 0 Å². The average Bonchev–Trinajstić information content (AvgIpc) is 2.69. The Morgan fingerprint density at radius 2 is 2.33 bits per heavy atom. The van der Waals surface area contributed by atoms with E-state index in [4.69, 9.17) is 5.73 Å². The van der Waals surface area contributed by atoms with Crippen LogP contribution in [0.15, 0.2) is 40.2 Å². The topological polar surface area (TPSA) is 54.7 Å². The molecule has 0 aliphatic rings. The van der Waals surface area contributed by atoms with E-state index in [2.05, 4.69) is 25.9 Å². The minimum atomic E-state index is 0.809. The third-order valence-corrected chi connectivity index (χ3v) is 3.39. The van der Waals surface area contributed by atoms with Gasteiger partial charge in [0.2, 0.25) is 0 Å². The van der Waals surface area contributed by atoms with Gasteiger partial charge in [0.1, 0.15) is 0 Å². The molecule has 0 amide bonds. The second-order valence-electron chi connectivity index (χ2n) is 3.03. The Hall–Kier alpha value is -0.940. The summed E-state index contributed by atoms with van der Waals surface area (Å²) in [6, 6.07) is 5.93. The van der Waals surface area contributed by atoms with Crippen LogP contribution in [0.2, 0.25) is 0 Å². The molecule has 0 saturated heterocycles. The monoisotopic (exact) mass is 283 g/mol. The summed E-state index contributed by atoms with van der Waals surface area (Å²) >= 11 is 5.02. The highest BCUT2D eigenvalue weighted by Crippen LogP contribution is 2.25. The highest BCUT2D eigenvalue weighted by Gasteiger charge is 2.02. The Morgan fingerprint density at radius 1 is 1.47 bits per heavy atom. The summed E-state index contributed by atoms with van der Waals surface area (Å²) in [5.74, 6) is 0.826. The third kappa shape index (κ3) is 2.76. The first-order chi connectivity index (χ1) is 7.25. The first-order valence-electron chi connectivity index (χ1n) is 4.42. The number of thioether (sulfide) groups is 1. The minimum absolute atomic E-state index is 0.809. The van der Waals surface area contributed by atoms with Crippen LogP contribution in [-0.4, -0.2) is 9.97 Å². The lowest BCUT2D eigenvalue weighted by atomic mass is 10.2. The maximum absolute atomic E-state index is 5.89. The second kappa shape index (κ2) is 4.72. The number of anilines is 1. The maximum Gasteiger partial charge on any atom is 0.165 e. The second-order valence-corrected chi connectivity index (χ2v) is 4.91. The SMILES string of the molecule is Nc1cc(Br)ccc1CSc1ncc[nH]1. The van der Waals surface area contributed by atoms with Crippen molar-refractivity contribution < 1.29 is 0 Å². The fourth-order valence-electron chi connectivity index (χ4n) is 1.17. The third-order valence-electron chi connectivity index (χ3n) is 1.95. The van der Waals surface area contributed by atoms with E-state index in [1.54, 1.807) is 18.0 Å². The van der Waals surface area contributed by atoms with Crippen molar-refractivity contribution >= 4 is 33.4 Å². The van der Waals surface area contributed by atoms with Gasteiger partial charge < -0.3 is 10.7 Å². The zero-order valence-corrected chi connectivity index (χ0v) is 10.3. The molecule has 0 unspecified atom stereocenters. The number of nitrogens with one attached hydrogen (secondary N) is 1. The summed E-state index contributed by atoms with van der Waals surface area (Å²) in [6.07, 6.45) is 3.56. The van der Waals surface area contributed by atoms with Gasteiger partial charge in [0.05, 0.1) is 0 Å². The van der Waals surface area contributed by atoms with Crippen LogP contribution in [0, 0.1) is 0 Å². The van der Waals surface area contributed by atoms with E-state index in [0.29, 0.717) is 0 Å². The van der Waals surface area contributed by atoms with Gasteiger partial charge in [0.15, 0.2) is 5.16 Å². The van der Waals surface area contributed by atoms with Crippen LogP contribution in [0.4, 0.5) is 5.69 Å². The molecule has 1 aromatic heterocycles. The largest absolute Gasteiger partial charge is 0.398 e. The van der Waals surface area contributed by atoms with Crippen molar-refractivity contribution in [3.05, 3.63) is 40.6 Å². The quantitative estimate of drug-likeness (QED) is 0.673. The molecule has 78 valence electrons. The number of nitrogen functional groups attached to an aromatic ring is 1. The van der Waals surface area contributed by atoms with E-state index < -0.39 is 0 Å². The van der Waals surface area contributed by atoms with Crippen LogP contribution < -0.4 is 5.73 Å². The van der Waals surface area contributed by atoms with Gasteiger partial charge in [-0.1, -0.05) is 33.8 Å². The molecule has 0 radical (unpaired) electrons. The summed E-state index contributed by atoms with van der Waals surface area (Å²) in [5, 5.41) is 0.914. The van der Waals surface area contributed by atoms with Crippen LogP contribution >= 0.6 is 27.7 Å². The van der Waals surface area contributed by atoms with Gasteiger partial charge >= 0.3 is 0 Å². The molecule has 1 aromatic carbocycles. The normalized spacial score (nSPS) is 10.5. The fourth-order valence-corrected chi connectivity index (χ4v) is 2.39. The number of H-pyrrole nitrogens is 1. The molecule has 1 heterocycles. The maximum atomic E-state index is 5.89. The van der Waals surface area contributed by atoms with Gasteiger partial charge in [-0.2, -0.15) is 0 Å². The Balaban J connectivity index is 2.05. The molecule has 0 bridgehead atoms. The van der Waals surface area contributed by atoms with Crippen molar-refractivity contribution in [2.24, 2.45) is 0 Å². The number of imidazole rings is 1. The van der Waals surface area contributed by atoms with Gasteiger partial charge in [-0.15, -0.1) is 0 Å². The highest BCUT2D eigenvalue weighted by molar-refractivity contribution is 9.10. The summed E-state index contributed by atoms with van der Waals surface area (Å²) in [5.41, 5.74) is 7.82. The van der Waals surface area contributed by atoms with Gasteiger partial charge in [-0.3, -0.25) is 0 Å². The van der Waals surface area contributed by atoms with Gasteiger partial charge in [-0.25, -0.2) is 4.98 Å². The standard InChI is InChI=1S/C10H10BrN3S/c11-8-2-1-7(9(12)5-8)6-15-10-13-3-4-14-10/h1-5H,6,12H2,(H,13,14). The van der Waals surface area contributed by atoms with Crippen molar-refractivity contribution in [2.75, 3.05) is 5.73 Å². The molecule has 0 fully saturated rings. The van der Waals surface area contributed by atoms with Crippen molar-refractivity contribution in [3.8, 4) is 0 Å². The van der Waals surface area contributed by atoms with Gasteiger partial charge in [0, 0.05) is 28.3 Å². The first kappa shape index (κ1) is 10.6. The summed E-state index contributed by atoms with van der Waals surface area (Å²) in [4.78, 5) is 7.18. The Morgan fingerprint density at radius 3 is 3.00 bits per heavy atom. The van der Waals surface area contributed by atoms with Gasteiger partial charge in [-0.05, 0) is 17.7 Å². The lowest BCUT2D eigenvalue weighted by molar-refractivity contribution is 1.06. The Kier molecular flexibility index (Phi) is 3.33. The molecule has 3 nitrogen and oxygen atoms in total. The van der Waals surface area contributed by atoms with Crippen LogP contribution in [0.1, 0.15) is 5.56 Å². The molecule has 2 aromatic rings. The average molecular weight is 284 g/mol. The number of aromatic amines is 1. The summed E-state index contributed by atoms with van der Waals surface area (Å²) in [6.45, 7) is 0. The number of hydrogen-bond acceptors (Lipinski definition) is 3. The molecule has 2 rings (SSSR count). The highest BCUT2D eigenvalue weighted by atomic mass is 79.9. The predicted octanol–water partition coefficient (Wildman–Crippen LogP) is 3.05. The number of nitrogens with two attached hydrogens (primary N) is 1. The van der Waals surface area contributed by atoms with E-state index in [1.807, 2.05) is 24.4 Å². The number of rotatable bonds is 3. The van der Waals surface area contributed by atoms with Crippen molar-refractivity contribution in [1.29, 1.82) is 0 Å². The van der Waals surface area contributed by atoms with Crippen molar-refractivity contribution in [1.82, 2.24) is 9.97 Å². The molecule has 0 aliphatic carbocycles. The van der Waals surface area contributed by atoms with E-state index in [-0.39, 0.29) is 0 Å². The number of halogens is 1. The number of benzene rings is 1. The lowest BCUT2D eigenvalue weighted by Crippen LogP contribution is -1.92. The van der Waals surface area contributed by atoms with Crippen LogP contribution in [-0.2, 0) is 5.75 Å². The molecule has 0 atom stereocenters. The lowest BCUT2D eigenvalue weighted by Gasteiger charge is -2.04. The molecule has 0 aliphatic heterocycles. The van der Waals surface area contributed by atoms with Crippen LogP contribution in [0.5, 0.6) is 0 Å². The predicted molar refractivity (Wildman–Crippen MR) is 66.7 cm³/mol. The summed E-state index contributed by atoms with van der Waals surface area (Å²) < 4.78 is 1.01. The van der Waals surface area contributed by atoms with E-state index in [0.717, 1.165) is 26.6 Å². The van der Waals surface area contributed by atoms with E-state index in [1.165, 1.54) is 0 Å². The minimum Gasteiger partial charge on any atom is -0.398 e. The number of aromatic nitrogens is 2. The molecule has 15 heavy (non-hydrogen) atoms. The summed E-state index contributed by atoms with van der Waals surface area (Å²) in [7, 11) is 0. The molecular weight excluding hydrogens is 274 g/mol. The zero-order chi connectivity index (χ0) is 10.7. The Bertz CT molecular complexity index is 442. The van der Waals surface area contributed by atoms with E-state index in [9.17, 15) is 0 Å². The number of nitrogens with zero attached hydrogens (tertiary/aromatic N) is 1. The molecule has 0 spiro atoms. The van der Waals surface area contributed by atoms with Crippen molar-refractivity contribution in [2.45, 2.75) is 10.9 Å². The molecule has 5 heteroatoms. The first-order valence-corrected chi connectivity index (χ1v) is 6.19. The van der Waals surface area contributed by atoms with Crippen LogP contribution in [0.3, 0.4) is 0 Å². The smallest absolute Gasteiger partial charge is 0.165 e. The fraction of sp³-hybridized carbons (Fsp3) is 0.100. The zero-order valence-electron chi connectivity index (χ0n) is 7.90. The molecule has 3 N–H and O–H groups in total. The molecule has 0 saturated carbocycles. The Labute approximate surface area is 101 Å². The van der Waals surface area contributed by atoms with E-state index >= 15 is 0 Å². The molecular formula is C10H10BrN3S. The van der Waals surface area contributed by atoms with Crippen LogP contribution in [0.25, 0.3) is 0 Å². The van der Waals surface area contributed by atoms with Crippen molar-refractivity contribution in [3.63, 3.8) is 0 Å². The number of hydrogen-bond donors (Lipinski definition) is 2.